The molecule has 0 amide bonds. The summed E-state index contributed by atoms with van der Waals surface area (Å²) in [6.07, 6.45) is -4.06. The number of rotatable bonds is 4. The summed E-state index contributed by atoms with van der Waals surface area (Å²) < 4.78 is 5.29. The van der Waals surface area contributed by atoms with E-state index >= 15 is 0 Å². The maximum absolute atomic E-state index is 10.8. The van der Waals surface area contributed by atoms with Crippen molar-refractivity contribution in [2.75, 3.05) is 11.9 Å². The predicted molar refractivity (Wildman–Crippen MR) is 68.3 cm³/mol. The summed E-state index contributed by atoms with van der Waals surface area (Å²) in [6.45, 7) is 1.32. The quantitative estimate of drug-likeness (QED) is 0.362. The fourth-order valence-corrected chi connectivity index (χ4v) is 2.13. The first kappa shape index (κ1) is 15.1. The second kappa shape index (κ2) is 6.02. The zero-order valence-corrected chi connectivity index (χ0v) is 10.9. The van der Waals surface area contributed by atoms with E-state index in [0.29, 0.717) is 11.3 Å². The predicted octanol–water partition coefficient (Wildman–Crippen LogP) is -1.75. The fraction of sp³-hybridized carbons (Fsp3) is 0.500. The molecule has 1 saturated heterocycles. The standard InChI is InChI=1S/C12H18N2O6/c1-6-4-7(14(18)19)2-3-8(6)13-12-11(17)10(16)9(5-15)20-12/h2-4,9-18H,5H2,1H3/t9-,10-,11-,12?/m1/s1. The highest BCUT2D eigenvalue weighted by atomic mass is 16.8. The lowest BCUT2D eigenvalue weighted by molar-refractivity contribution is -0.991. The Bertz CT molecular complexity index is 469. The highest BCUT2D eigenvalue weighted by Gasteiger charge is 2.42. The van der Waals surface area contributed by atoms with Gasteiger partial charge in [-0.05, 0) is 18.6 Å². The topological polar surface area (TPSA) is 130 Å². The molecule has 20 heavy (non-hydrogen) atoms. The lowest BCUT2D eigenvalue weighted by Crippen LogP contribution is -2.99. The molecular formula is C12H18N2O6. The zero-order chi connectivity index (χ0) is 14.9. The van der Waals surface area contributed by atoms with Crippen LogP contribution in [0.25, 0.3) is 0 Å². The molecular weight excluding hydrogens is 268 g/mol. The number of hydrogen-bond acceptors (Lipinski definition) is 7. The van der Waals surface area contributed by atoms with Crippen molar-refractivity contribution in [3.05, 3.63) is 29.0 Å². The van der Waals surface area contributed by atoms with Crippen molar-refractivity contribution in [1.29, 1.82) is 0 Å². The molecule has 8 nitrogen and oxygen atoms in total. The summed E-state index contributed by atoms with van der Waals surface area (Å²) in [7, 11) is 0. The van der Waals surface area contributed by atoms with Gasteiger partial charge in [0.05, 0.1) is 6.61 Å². The number of quaternary nitrogens is 1. The van der Waals surface area contributed by atoms with E-state index in [1.54, 1.807) is 13.0 Å². The Labute approximate surface area is 115 Å². The van der Waals surface area contributed by atoms with Gasteiger partial charge in [0.25, 0.3) is 0 Å². The first-order chi connectivity index (χ1) is 9.43. The second-order valence-corrected chi connectivity index (χ2v) is 4.74. The molecule has 1 heterocycles. The molecule has 2 unspecified atom stereocenters. The monoisotopic (exact) mass is 286 g/mol. The number of benzene rings is 1. The number of aliphatic hydroxyl groups is 3. The summed E-state index contributed by atoms with van der Waals surface area (Å²) >= 11 is 0. The van der Waals surface area contributed by atoms with Gasteiger partial charge in [0.2, 0.25) is 0 Å². The molecule has 1 aliphatic rings. The van der Waals surface area contributed by atoms with Gasteiger partial charge in [0.15, 0.2) is 11.9 Å². The van der Waals surface area contributed by atoms with Crippen molar-refractivity contribution in [2.24, 2.45) is 0 Å². The number of ether oxygens (including phenoxy) is 1. The van der Waals surface area contributed by atoms with Crippen LogP contribution in [-0.4, -0.2) is 51.7 Å². The number of nitrogens with one attached hydrogen (secondary N) is 2. The lowest BCUT2D eigenvalue weighted by atomic mass is 10.1. The SMILES string of the molecule is Cc1cc([NH+]([O-])O)ccc1NC1O[C@H](CO)[C@@H](O)[C@H]1O. The van der Waals surface area contributed by atoms with E-state index < -0.39 is 36.4 Å². The molecule has 0 radical (unpaired) electrons. The molecule has 1 fully saturated rings. The molecule has 2 rings (SSSR count). The zero-order valence-electron chi connectivity index (χ0n) is 10.9. The van der Waals surface area contributed by atoms with Gasteiger partial charge < -0.3 is 30.6 Å². The minimum Gasteiger partial charge on any atom is -0.595 e. The molecule has 5 atom stereocenters. The van der Waals surface area contributed by atoms with Crippen LogP contribution in [-0.2, 0) is 4.74 Å². The summed E-state index contributed by atoms with van der Waals surface area (Å²) in [5.41, 5.74) is 1.42. The molecule has 8 heteroatoms. The van der Waals surface area contributed by atoms with E-state index in [0.717, 1.165) is 0 Å². The van der Waals surface area contributed by atoms with Crippen molar-refractivity contribution in [1.82, 2.24) is 0 Å². The molecule has 1 aliphatic heterocycles. The minimum atomic E-state index is -1.18. The average Bonchev–Trinajstić information content (AvgIpc) is 2.68. The number of aryl methyl sites for hydroxylation is 1. The number of aliphatic hydroxyl groups excluding tert-OH is 3. The van der Waals surface area contributed by atoms with Gasteiger partial charge in [-0.1, -0.05) is 0 Å². The van der Waals surface area contributed by atoms with Crippen molar-refractivity contribution < 1.29 is 30.5 Å². The third kappa shape index (κ3) is 2.91. The van der Waals surface area contributed by atoms with E-state index in [1.165, 1.54) is 12.1 Å². The fourth-order valence-electron chi connectivity index (χ4n) is 2.13. The minimum absolute atomic E-state index is 0.161. The Kier molecular flexibility index (Phi) is 4.55. The van der Waals surface area contributed by atoms with Crippen LogP contribution >= 0.6 is 0 Å². The molecule has 1 aromatic rings. The van der Waals surface area contributed by atoms with E-state index in [1.807, 2.05) is 0 Å². The molecule has 0 aliphatic carbocycles. The second-order valence-electron chi connectivity index (χ2n) is 4.74. The van der Waals surface area contributed by atoms with Crippen LogP contribution < -0.4 is 10.5 Å². The van der Waals surface area contributed by atoms with Gasteiger partial charge in [-0.2, -0.15) is 5.23 Å². The van der Waals surface area contributed by atoms with E-state index in [-0.39, 0.29) is 5.69 Å². The Balaban J connectivity index is 2.11. The van der Waals surface area contributed by atoms with Crippen LogP contribution in [0.1, 0.15) is 5.56 Å². The van der Waals surface area contributed by atoms with Crippen molar-refractivity contribution in [3.8, 4) is 0 Å². The van der Waals surface area contributed by atoms with Crippen LogP contribution in [0.4, 0.5) is 11.4 Å². The van der Waals surface area contributed by atoms with Crippen LogP contribution in [0, 0.1) is 12.1 Å². The van der Waals surface area contributed by atoms with Crippen molar-refractivity contribution >= 4 is 11.4 Å². The van der Waals surface area contributed by atoms with E-state index in [2.05, 4.69) is 5.32 Å². The molecule has 6 N–H and O–H groups in total. The van der Waals surface area contributed by atoms with Gasteiger partial charge >= 0.3 is 0 Å². The maximum atomic E-state index is 10.8. The Morgan fingerprint density at radius 1 is 1.35 bits per heavy atom. The van der Waals surface area contributed by atoms with E-state index in [9.17, 15) is 15.4 Å². The van der Waals surface area contributed by atoms with Crippen molar-refractivity contribution in [3.63, 3.8) is 0 Å². The summed E-state index contributed by atoms with van der Waals surface area (Å²) in [5, 5.41) is 50.0. The van der Waals surface area contributed by atoms with Crippen LogP contribution in [0.2, 0.25) is 0 Å². The molecule has 0 bridgehead atoms. The van der Waals surface area contributed by atoms with Crippen LogP contribution in [0.5, 0.6) is 0 Å². The molecule has 112 valence electrons. The number of hydrogen-bond donors (Lipinski definition) is 6. The Hall–Kier alpha value is -1.26. The third-order valence-corrected chi connectivity index (χ3v) is 3.31. The third-order valence-electron chi connectivity index (χ3n) is 3.31. The lowest BCUT2D eigenvalue weighted by Gasteiger charge is -2.20. The van der Waals surface area contributed by atoms with E-state index in [4.69, 9.17) is 15.1 Å². The summed E-state index contributed by atoms with van der Waals surface area (Å²) in [6, 6.07) is 4.48. The van der Waals surface area contributed by atoms with Gasteiger partial charge in [-0.3, -0.25) is 0 Å². The maximum Gasteiger partial charge on any atom is 0.164 e. The summed E-state index contributed by atoms with van der Waals surface area (Å²) in [5.74, 6) is 0. The largest absolute Gasteiger partial charge is 0.595 e. The molecule has 0 aromatic heterocycles. The molecule has 0 saturated carbocycles. The Morgan fingerprint density at radius 2 is 2.05 bits per heavy atom. The normalized spacial score (nSPS) is 31.3. The first-order valence-corrected chi connectivity index (χ1v) is 6.17. The van der Waals surface area contributed by atoms with Gasteiger partial charge in [-0.15, -0.1) is 0 Å². The first-order valence-electron chi connectivity index (χ1n) is 6.17. The smallest absolute Gasteiger partial charge is 0.164 e. The van der Waals surface area contributed by atoms with Crippen LogP contribution in [0.15, 0.2) is 18.2 Å². The summed E-state index contributed by atoms with van der Waals surface area (Å²) in [4.78, 5) is 0. The number of anilines is 1. The van der Waals surface area contributed by atoms with Gasteiger partial charge in [-0.25, -0.2) is 5.21 Å². The molecule has 1 aromatic carbocycles. The highest BCUT2D eigenvalue weighted by molar-refractivity contribution is 5.55. The van der Waals surface area contributed by atoms with Crippen molar-refractivity contribution in [2.45, 2.75) is 31.5 Å². The van der Waals surface area contributed by atoms with Crippen LogP contribution in [0.3, 0.4) is 0 Å². The average molecular weight is 286 g/mol. The van der Waals surface area contributed by atoms with Gasteiger partial charge in [0.1, 0.15) is 18.3 Å². The Morgan fingerprint density at radius 3 is 2.55 bits per heavy atom. The molecule has 0 spiro atoms. The van der Waals surface area contributed by atoms with Gasteiger partial charge in [0, 0.05) is 17.8 Å². The highest BCUT2D eigenvalue weighted by Crippen LogP contribution is 2.25.